The monoisotopic (exact) mass is 284 g/mol. The van der Waals surface area contributed by atoms with Crippen molar-refractivity contribution < 1.29 is 9.53 Å². The summed E-state index contributed by atoms with van der Waals surface area (Å²) in [6.45, 7) is 0.371. The van der Waals surface area contributed by atoms with E-state index in [4.69, 9.17) is 10.5 Å². The first-order valence-corrected chi connectivity index (χ1v) is 6.88. The SMILES string of the molecule is CO[C@@H](C(=O)NC[C@@H](N)c1ccccc1)c1ccccc1. The highest BCUT2D eigenvalue weighted by Gasteiger charge is 2.20. The average molecular weight is 284 g/mol. The van der Waals surface area contributed by atoms with Crippen LogP contribution in [0.1, 0.15) is 23.3 Å². The Morgan fingerprint density at radius 3 is 2.10 bits per heavy atom. The van der Waals surface area contributed by atoms with Crippen LogP contribution in [0, 0.1) is 0 Å². The van der Waals surface area contributed by atoms with Crippen molar-refractivity contribution >= 4 is 5.91 Å². The van der Waals surface area contributed by atoms with Crippen molar-refractivity contribution in [2.75, 3.05) is 13.7 Å². The molecule has 2 aromatic rings. The van der Waals surface area contributed by atoms with E-state index in [0.29, 0.717) is 6.54 Å². The summed E-state index contributed by atoms with van der Waals surface area (Å²) in [5, 5.41) is 2.84. The summed E-state index contributed by atoms with van der Waals surface area (Å²) in [5.41, 5.74) is 7.88. The average Bonchev–Trinajstić information content (AvgIpc) is 2.55. The Morgan fingerprint density at radius 2 is 1.57 bits per heavy atom. The fraction of sp³-hybridized carbons (Fsp3) is 0.235. The molecule has 4 heteroatoms. The predicted molar refractivity (Wildman–Crippen MR) is 82.6 cm³/mol. The van der Waals surface area contributed by atoms with E-state index in [1.807, 2.05) is 60.7 Å². The molecule has 0 saturated carbocycles. The van der Waals surface area contributed by atoms with Crippen molar-refractivity contribution in [2.45, 2.75) is 12.1 Å². The van der Waals surface area contributed by atoms with Gasteiger partial charge in [-0.05, 0) is 11.1 Å². The van der Waals surface area contributed by atoms with Gasteiger partial charge in [0.05, 0.1) is 0 Å². The quantitative estimate of drug-likeness (QED) is 0.854. The number of rotatable bonds is 6. The van der Waals surface area contributed by atoms with Gasteiger partial charge >= 0.3 is 0 Å². The lowest BCUT2D eigenvalue weighted by Crippen LogP contribution is -2.35. The van der Waals surface area contributed by atoms with Gasteiger partial charge in [0.15, 0.2) is 6.10 Å². The third kappa shape index (κ3) is 4.15. The van der Waals surface area contributed by atoms with Crippen LogP contribution >= 0.6 is 0 Å². The van der Waals surface area contributed by atoms with Gasteiger partial charge < -0.3 is 15.8 Å². The van der Waals surface area contributed by atoms with Crippen LogP contribution in [0.5, 0.6) is 0 Å². The molecule has 0 spiro atoms. The molecule has 2 atom stereocenters. The predicted octanol–water partition coefficient (Wildman–Crippen LogP) is 2.19. The fourth-order valence-electron chi connectivity index (χ4n) is 2.14. The molecule has 0 heterocycles. The molecule has 0 aliphatic heterocycles. The van der Waals surface area contributed by atoms with Crippen molar-refractivity contribution in [3.05, 3.63) is 71.8 Å². The Morgan fingerprint density at radius 1 is 1.05 bits per heavy atom. The zero-order valence-corrected chi connectivity index (χ0v) is 12.0. The lowest BCUT2D eigenvalue weighted by Gasteiger charge is -2.18. The summed E-state index contributed by atoms with van der Waals surface area (Å²) < 4.78 is 5.28. The molecule has 2 rings (SSSR count). The number of benzene rings is 2. The van der Waals surface area contributed by atoms with E-state index < -0.39 is 6.10 Å². The molecule has 110 valence electrons. The highest BCUT2D eigenvalue weighted by molar-refractivity contribution is 5.82. The van der Waals surface area contributed by atoms with Gasteiger partial charge in [-0.1, -0.05) is 60.7 Å². The standard InChI is InChI=1S/C17H20N2O2/c1-21-16(14-10-6-3-7-11-14)17(20)19-12-15(18)13-8-4-2-5-9-13/h2-11,15-16H,12,18H2,1H3,(H,19,20)/t15-,16-/m1/s1. The molecule has 0 unspecified atom stereocenters. The van der Waals surface area contributed by atoms with E-state index in [0.717, 1.165) is 11.1 Å². The molecule has 0 aliphatic rings. The highest BCUT2D eigenvalue weighted by Crippen LogP contribution is 2.16. The lowest BCUT2D eigenvalue weighted by atomic mass is 10.1. The van der Waals surface area contributed by atoms with Gasteiger partial charge in [-0.2, -0.15) is 0 Å². The Kier molecular flexibility index (Phi) is 5.49. The van der Waals surface area contributed by atoms with Crippen LogP contribution in [0.3, 0.4) is 0 Å². The number of amides is 1. The van der Waals surface area contributed by atoms with Gasteiger partial charge in [-0.15, -0.1) is 0 Å². The number of ether oxygens (including phenoxy) is 1. The summed E-state index contributed by atoms with van der Waals surface area (Å²) in [4.78, 5) is 12.2. The number of nitrogens with one attached hydrogen (secondary N) is 1. The summed E-state index contributed by atoms with van der Waals surface area (Å²) in [5.74, 6) is -0.185. The third-order valence-electron chi connectivity index (χ3n) is 3.30. The number of hydrogen-bond acceptors (Lipinski definition) is 3. The van der Waals surface area contributed by atoms with Crippen LogP contribution in [-0.2, 0) is 9.53 Å². The largest absolute Gasteiger partial charge is 0.367 e. The second-order valence-electron chi connectivity index (χ2n) is 4.79. The van der Waals surface area contributed by atoms with Crippen LogP contribution in [-0.4, -0.2) is 19.6 Å². The van der Waals surface area contributed by atoms with Crippen LogP contribution in [0.15, 0.2) is 60.7 Å². The molecular weight excluding hydrogens is 264 g/mol. The number of hydrogen-bond donors (Lipinski definition) is 2. The number of carbonyl (C=O) groups excluding carboxylic acids is 1. The molecule has 21 heavy (non-hydrogen) atoms. The fourth-order valence-corrected chi connectivity index (χ4v) is 2.14. The Bertz CT molecular complexity index is 558. The van der Waals surface area contributed by atoms with Gasteiger partial charge in [0, 0.05) is 19.7 Å². The van der Waals surface area contributed by atoms with Gasteiger partial charge in [-0.3, -0.25) is 4.79 Å². The third-order valence-corrected chi connectivity index (χ3v) is 3.30. The Labute approximate surface area is 124 Å². The van der Waals surface area contributed by atoms with Crippen molar-refractivity contribution in [1.82, 2.24) is 5.32 Å². The van der Waals surface area contributed by atoms with Crippen LogP contribution < -0.4 is 11.1 Å². The second kappa shape index (κ2) is 7.57. The van der Waals surface area contributed by atoms with Gasteiger partial charge in [0.1, 0.15) is 0 Å². The minimum absolute atomic E-state index is 0.185. The molecule has 1 amide bonds. The van der Waals surface area contributed by atoms with Crippen LogP contribution in [0.4, 0.5) is 0 Å². The minimum atomic E-state index is -0.617. The summed E-state index contributed by atoms with van der Waals surface area (Å²) >= 11 is 0. The van der Waals surface area contributed by atoms with Crippen LogP contribution in [0.2, 0.25) is 0 Å². The molecule has 0 saturated heterocycles. The minimum Gasteiger partial charge on any atom is -0.367 e. The molecule has 0 aliphatic carbocycles. The molecule has 3 N–H and O–H groups in total. The zero-order chi connectivity index (χ0) is 15.1. The first kappa shape index (κ1) is 15.2. The normalized spacial score (nSPS) is 13.4. The van der Waals surface area contributed by atoms with Crippen molar-refractivity contribution in [3.8, 4) is 0 Å². The first-order chi connectivity index (χ1) is 10.2. The van der Waals surface area contributed by atoms with E-state index in [1.54, 1.807) is 0 Å². The van der Waals surface area contributed by atoms with Gasteiger partial charge in [-0.25, -0.2) is 0 Å². The number of carbonyl (C=O) groups is 1. The van der Waals surface area contributed by atoms with Crippen molar-refractivity contribution in [1.29, 1.82) is 0 Å². The maximum absolute atomic E-state index is 12.2. The second-order valence-corrected chi connectivity index (χ2v) is 4.79. The lowest BCUT2D eigenvalue weighted by molar-refractivity contribution is -0.131. The van der Waals surface area contributed by atoms with Gasteiger partial charge in [0.2, 0.25) is 0 Å². The van der Waals surface area contributed by atoms with E-state index in [9.17, 15) is 4.79 Å². The van der Waals surface area contributed by atoms with E-state index in [2.05, 4.69) is 5.32 Å². The molecule has 0 fully saturated rings. The molecule has 2 aromatic carbocycles. The van der Waals surface area contributed by atoms with E-state index in [-0.39, 0.29) is 11.9 Å². The maximum Gasteiger partial charge on any atom is 0.253 e. The van der Waals surface area contributed by atoms with E-state index >= 15 is 0 Å². The molecular formula is C17H20N2O2. The Hall–Kier alpha value is -2.17. The first-order valence-electron chi connectivity index (χ1n) is 6.88. The molecule has 0 radical (unpaired) electrons. The van der Waals surface area contributed by atoms with Crippen molar-refractivity contribution in [3.63, 3.8) is 0 Å². The highest BCUT2D eigenvalue weighted by atomic mass is 16.5. The molecule has 0 bridgehead atoms. The van der Waals surface area contributed by atoms with E-state index in [1.165, 1.54) is 7.11 Å². The Balaban J connectivity index is 1.94. The summed E-state index contributed by atoms with van der Waals surface area (Å²) in [6.07, 6.45) is -0.617. The maximum atomic E-state index is 12.2. The number of methoxy groups -OCH3 is 1. The smallest absolute Gasteiger partial charge is 0.253 e. The van der Waals surface area contributed by atoms with Gasteiger partial charge in [0.25, 0.3) is 5.91 Å². The topological polar surface area (TPSA) is 64.3 Å². The summed E-state index contributed by atoms with van der Waals surface area (Å²) in [6, 6.07) is 18.8. The molecule has 4 nitrogen and oxygen atoms in total. The molecule has 0 aromatic heterocycles. The zero-order valence-electron chi connectivity index (χ0n) is 12.0. The summed E-state index contributed by atoms with van der Waals surface area (Å²) in [7, 11) is 1.52. The number of nitrogens with two attached hydrogens (primary N) is 1. The van der Waals surface area contributed by atoms with Crippen molar-refractivity contribution in [2.24, 2.45) is 5.73 Å². The van der Waals surface area contributed by atoms with Crippen LogP contribution in [0.25, 0.3) is 0 Å².